The molecule has 70 valence electrons. The molecule has 1 heterocycles. The Labute approximate surface area is 82.5 Å². The average molecular weight is 195 g/mol. The summed E-state index contributed by atoms with van der Waals surface area (Å²) in [5, 5.41) is 2.88. The second-order valence-corrected chi connectivity index (χ2v) is 4.42. The molecule has 3 heteroatoms. The summed E-state index contributed by atoms with van der Waals surface area (Å²) in [4.78, 5) is 11.8. The van der Waals surface area contributed by atoms with Gasteiger partial charge in [0.15, 0.2) is 0 Å². The maximum Gasteiger partial charge on any atom is 0.207 e. The Kier molecular flexibility index (Phi) is 2.74. The number of fused-ring (bicyclic) bond motifs is 1. The molecule has 0 spiro atoms. The van der Waals surface area contributed by atoms with Crippen molar-refractivity contribution >= 4 is 18.2 Å². The number of hydrogen-bond acceptors (Lipinski definition) is 2. The van der Waals surface area contributed by atoms with Crippen LogP contribution in [0.4, 0.5) is 0 Å². The van der Waals surface area contributed by atoms with Gasteiger partial charge in [-0.2, -0.15) is 0 Å². The third-order valence-corrected chi connectivity index (χ3v) is 3.61. The van der Waals surface area contributed by atoms with Gasteiger partial charge < -0.3 is 5.32 Å². The lowest BCUT2D eigenvalue weighted by atomic mass is 9.97. The molecule has 1 fully saturated rings. The van der Waals surface area contributed by atoms with Gasteiger partial charge in [0.05, 0.1) is 6.04 Å². The Morgan fingerprint density at radius 3 is 3.15 bits per heavy atom. The molecule has 1 unspecified atom stereocenters. The van der Waals surface area contributed by atoms with Crippen LogP contribution < -0.4 is 5.32 Å². The predicted octanol–water partition coefficient (Wildman–Crippen LogP) is 1.84. The molecule has 1 aliphatic heterocycles. The third kappa shape index (κ3) is 1.80. The molecule has 0 aromatic rings. The lowest BCUT2D eigenvalue weighted by molar-refractivity contribution is -0.109. The number of rotatable bonds is 2. The van der Waals surface area contributed by atoms with E-state index in [4.69, 9.17) is 0 Å². The van der Waals surface area contributed by atoms with Gasteiger partial charge in [-0.3, -0.25) is 4.79 Å². The molecular weight excluding hydrogens is 182 g/mol. The van der Waals surface area contributed by atoms with Crippen LogP contribution in [0, 0.1) is 0 Å². The van der Waals surface area contributed by atoms with Crippen molar-refractivity contribution in [3.05, 3.63) is 22.6 Å². The van der Waals surface area contributed by atoms with Crippen molar-refractivity contribution in [2.24, 2.45) is 0 Å². The summed E-state index contributed by atoms with van der Waals surface area (Å²) in [5.41, 5.74) is 1.34. The van der Waals surface area contributed by atoms with Crippen LogP contribution >= 0.6 is 11.8 Å². The largest absolute Gasteiger partial charge is 0.352 e. The maximum absolute atomic E-state index is 10.4. The zero-order chi connectivity index (χ0) is 9.10. The quantitative estimate of drug-likeness (QED) is 0.681. The van der Waals surface area contributed by atoms with Crippen molar-refractivity contribution in [1.82, 2.24) is 5.32 Å². The summed E-state index contributed by atoms with van der Waals surface area (Å²) < 4.78 is 0. The van der Waals surface area contributed by atoms with Crippen molar-refractivity contribution in [2.45, 2.75) is 25.3 Å². The minimum atomic E-state index is 0.269. The van der Waals surface area contributed by atoms with Crippen LogP contribution in [0.15, 0.2) is 22.6 Å². The monoisotopic (exact) mass is 195 g/mol. The second-order valence-electron chi connectivity index (χ2n) is 3.28. The Morgan fingerprint density at radius 1 is 1.46 bits per heavy atom. The molecule has 1 N–H and O–H groups in total. The van der Waals surface area contributed by atoms with Gasteiger partial charge in [-0.15, -0.1) is 11.8 Å². The van der Waals surface area contributed by atoms with E-state index in [-0.39, 0.29) is 6.04 Å². The molecule has 1 aliphatic carbocycles. The van der Waals surface area contributed by atoms with Gasteiger partial charge in [0.1, 0.15) is 0 Å². The van der Waals surface area contributed by atoms with Crippen LogP contribution in [-0.2, 0) is 4.79 Å². The highest BCUT2D eigenvalue weighted by Crippen LogP contribution is 2.36. The summed E-state index contributed by atoms with van der Waals surface area (Å²) in [6, 6.07) is 0.269. The van der Waals surface area contributed by atoms with Gasteiger partial charge in [0.2, 0.25) is 6.41 Å². The molecule has 2 rings (SSSR count). The Hall–Kier alpha value is -0.700. The molecule has 0 radical (unpaired) electrons. The number of nitrogens with one attached hydrogen (secondary N) is 1. The number of thioether (sulfide) groups is 1. The first-order valence-corrected chi connectivity index (χ1v) is 5.63. The van der Waals surface area contributed by atoms with E-state index in [0.717, 1.165) is 31.4 Å². The Balaban J connectivity index is 2.16. The summed E-state index contributed by atoms with van der Waals surface area (Å²) >= 11 is 1.91. The molecule has 2 aliphatic rings. The summed E-state index contributed by atoms with van der Waals surface area (Å²) in [6.07, 6.45) is 8.71. The fraction of sp³-hybridized carbons (Fsp3) is 0.500. The van der Waals surface area contributed by atoms with Gasteiger partial charge in [0, 0.05) is 10.7 Å². The highest BCUT2D eigenvalue weighted by atomic mass is 32.2. The van der Waals surface area contributed by atoms with E-state index in [1.54, 1.807) is 0 Å². The number of allylic oxidation sites excluding steroid dienone is 2. The Morgan fingerprint density at radius 2 is 2.31 bits per heavy atom. The van der Waals surface area contributed by atoms with Crippen LogP contribution in [0.3, 0.4) is 0 Å². The van der Waals surface area contributed by atoms with Crippen LogP contribution in [0.1, 0.15) is 19.3 Å². The smallest absolute Gasteiger partial charge is 0.207 e. The van der Waals surface area contributed by atoms with E-state index < -0.39 is 0 Å². The van der Waals surface area contributed by atoms with E-state index in [2.05, 4.69) is 17.5 Å². The molecule has 0 saturated carbocycles. The van der Waals surface area contributed by atoms with E-state index in [1.165, 1.54) is 10.5 Å². The van der Waals surface area contributed by atoms with Crippen LogP contribution in [0.2, 0.25) is 0 Å². The highest BCUT2D eigenvalue weighted by Gasteiger charge is 2.23. The second kappa shape index (κ2) is 4.01. The third-order valence-electron chi connectivity index (χ3n) is 2.45. The van der Waals surface area contributed by atoms with Crippen LogP contribution in [-0.4, -0.2) is 18.2 Å². The molecule has 1 saturated heterocycles. The van der Waals surface area contributed by atoms with E-state index >= 15 is 0 Å². The first-order chi connectivity index (χ1) is 6.42. The highest BCUT2D eigenvalue weighted by molar-refractivity contribution is 8.03. The van der Waals surface area contributed by atoms with Crippen molar-refractivity contribution < 1.29 is 4.79 Å². The number of amides is 1. The number of carbonyl (C=O) groups is 1. The van der Waals surface area contributed by atoms with E-state index in [1.807, 2.05) is 11.8 Å². The topological polar surface area (TPSA) is 29.1 Å². The predicted molar refractivity (Wildman–Crippen MR) is 55.5 cm³/mol. The lowest BCUT2D eigenvalue weighted by Crippen LogP contribution is -2.33. The van der Waals surface area contributed by atoms with Gasteiger partial charge in [-0.1, -0.05) is 12.2 Å². The standard InChI is InChI=1S/C10H13NOS/c12-7-11-9-5-6-13-10-4-2-1-3-8(9)10/h3-4,7,9H,1-2,5-6H2,(H,11,12). The van der Waals surface area contributed by atoms with E-state index in [0.29, 0.717) is 0 Å². The lowest BCUT2D eigenvalue weighted by Gasteiger charge is -2.28. The molecule has 0 aromatic carbocycles. The maximum atomic E-state index is 10.4. The van der Waals surface area contributed by atoms with Crippen LogP contribution in [0.5, 0.6) is 0 Å². The Bertz CT molecular complexity index is 270. The summed E-state index contributed by atoms with van der Waals surface area (Å²) in [7, 11) is 0. The summed E-state index contributed by atoms with van der Waals surface area (Å²) in [5.74, 6) is 1.12. The van der Waals surface area contributed by atoms with Crippen LogP contribution in [0.25, 0.3) is 0 Å². The molecule has 0 bridgehead atoms. The first-order valence-electron chi connectivity index (χ1n) is 4.65. The van der Waals surface area contributed by atoms with Crippen molar-refractivity contribution in [3.63, 3.8) is 0 Å². The molecule has 0 aromatic heterocycles. The van der Waals surface area contributed by atoms with Gasteiger partial charge in [-0.25, -0.2) is 0 Å². The van der Waals surface area contributed by atoms with Gasteiger partial charge in [0.25, 0.3) is 0 Å². The fourth-order valence-corrected chi connectivity index (χ4v) is 3.03. The molecule has 2 nitrogen and oxygen atoms in total. The van der Waals surface area contributed by atoms with Crippen molar-refractivity contribution in [1.29, 1.82) is 0 Å². The summed E-state index contributed by atoms with van der Waals surface area (Å²) in [6.45, 7) is 0. The van der Waals surface area contributed by atoms with E-state index in [9.17, 15) is 4.79 Å². The zero-order valence-electron chi connectivity index (χ0n) is 7.45. The normalized spacial score (nSPS) is 26.9. The minimum absolute atomic E-state index is 0.269. The molecule has 1 atom stereocenters. The average Bonchev–Trinajstić information content (AvgIpc) is 2.19. The van der Waals surface area contributed by atoms with Gasteiger partial charge >= 0.3 is 0 Å². The minimum Gasteiger partial charge on any atom is -0.352 e. The number of hydrogen-bond donors (Lipinski definition) is 1. The fourth-order valence-electron chi connectivity index (χ4n) is 1.83. The van der Waals surface area contributed by atoms with Crippen molar-refractivity contribution in [3.8, 4) is 0 Å². The molecule has 13 heavy (non-hydrogen) atoms. The SMILES string of the molecule is O=CNC1CCSC2=CCCC=C21. The molecular formula is C10H13NOS. The first kappa shape index (κ1) is 8.88. The zero-order valence-corrected chi connectivity index (χ0v) is 8.27. The molecule has 1 amide bonds. The van der Waals surface area contributed by atoms with Gasteiger partial charge in [-0.05, 0) is 24.8 Å². The number of carbonyl (C=O) groups excluding carboxylic acids is 1. The van der Waals surface area contributed by atoms with Crippen molar-refractivity contribution in [2.75, 3.05) is 5.75 Å².